The summed E-state index contributed by atoms with van der Waals surface area (Å²) >= 11 is 0. The lowest BCUT2D eigenvalue weighted by Gasteiger charge is -2.13. The van der Waals surface area contributed by atoms with Gasteiger partial charge in [-0.25, -0.2) is 0 Å². The molecule has 23 heavy (non-hydrogen) atoms. The summed E-state index contributed by atoms with van der Waals surface area (Å²) in [7, 11) is 1.61. The first-order chi connectivity index (χ1) is 11.0. The van der Waals surface area contributed by atoms with Gasteiger partial charge in [0.2, 0.25) is 0 Å². The van der Waals surface area contributed by atoms with E-state index in [0.29, 0.717) is 24.5 Å². The van der Waals surface area contributed by atoms with Crippen LogP contribution in [0.3, 0.4) is 0 Å². The number of furan rings is 1. The van der Waals surface area contributed by atoms with Crippen molar-refractivity contribution in [1.82, 2.24) is 10.6 Å². The maximum Gasteiger partial charge on any atom is 0.416 e. The Balaban J connectivity index is 1.83. The van der Waals surface area contributed by atoms with Gasteiger partial charge in [-0.05, 0) is 29.8 Å². The maximum absolute atomic E-state index is 12.7. The minimum Gasteiger partial charge on any atom is -0.469 e. The molecule has 0 aliphatic heterocycles. The summed E-state index contributed by atoms with van der Waals surface area (Å²) in [6.45, 7) is 0.861. The molecule has 2 N–H and O–H groups in total. The number of benzene rings is 1. The molecule has 0 radical (unpaired) electrons. The summed E-state index contributed by atoms with van der Waals surface area (Å²) in [6.07, 6.45) is -2.04. The summed E-state index contributed by atoms with van der Waals surface area (Å²) < 4.78 is 43.2. The van der Waals surface area contributed by atoms with Gasteiger partial charge in [0.1, 0.15) is 5.76 Å². The van der Waals surface area contributed by atoms with E-state index in [9.17, 15) is 13.2 Å². The number of aliphatic imine (C=N–C) groups is 1. The van der Waals surface area contributed by atoms with E-state index in [1.807, 2.05) is 12.1 Å². The molecule has 2 rings (SSSR count). The molecule has 1 heterocycles. The molecule has 0 aliphatic rings. The zero-order chi connectivity index (χ0) is 16.7. The lowest BCUT2D eigenvalue weighted by molar-refractivity contribution is -0.137. The Morgan fingerprint density at radius 1 is 1.17 bits per heavy atom. The van der Waals surface area contributed by atoms with Crippen molar-refractivity contribution in [1.29, 1.82) is 0 Å². The highest BCUT2D eigenvalue weighted by Crippen LogP contribution is 2.29. The number of nitrogens with zero attached hydrogens (tertiary/aromatic N) is 1. The average Bonchev–Trinajstić information content (AvgIpc) is 3.03. The topological polar surface area (TPSA) is 49.6 Å². The monoisotopic (exact) mass is 325 g/mol. The molecule has 1 aromatic carbocycles. The van der Waals surface area contributed by atoms with Gasteiger partial charge in [0, 0.05) is 26.6 Å². The van der Waals surface area contributed by atoms with E-state index in [1.54, 1.807) is 19.4 Å². The van der Waals surface area contributed by atoms with Gasteiger partial charge >= 0.3 is 6.18 Å². The highest BCUT2D eigenvalue weighted by molar-refractivity contribution is 5.79. The molecule has 0 saturated heterocycles. The van der Waals surface area contributed by atoms with Gasteiger partial charge in [-0.15, -0.1) is 0 Å². The standard InChI is InChI=1S/C16H18F3N3O/c1-20-15(21-8-7-14-6-3-9-23-14)22-11-12-4-2-5-13(10-12)16(17,18)19/h2-6,9-10H,7-8,11H2,1H3,(H2,20,21,22). The predicted molar refractivity (Wildman–Crippen MR) is 82.1 cm³/mol. The quantitative estimate of drug-likeness (QED) is 0.656. The minimum atomic E-state index is -4.33. The van der Waals surface area contributed by atoms with Crippen molar-refractivity contribution in [3.8, 4) is 0 Å². The van der Waals surface area contributed by atoms with Gasteiger partial charge in [0.15, 0.2) is 5.96 Å². The van der Waals surface area contributed by atoms with E-state index in [2.05, 4.69) is 15.6 Å². The zero-order valence-corrected chi connectivity index (χ0v) is 12.7. The molecule has 0 saturated carbocycles. The number of halogens is 3. The molecule has 0 amide bonds. The molecule has 0 fully saturated rings. The Morgan fingerprint density at radius 2 is 2.00 bits per heavy atom. The zero-order valence-electron chi connectivity index (χ0n) is 12.7. The van der Waals surface area contributed by atoms with Crippen LogP contribution in [0.15, 0.2) is 52.1 Å². The SMILES string of the molecule is CN=C(NCCc1ccco1)NCc1cccc(C(F)(F)F)c1. The molecular weight excluding hydrogens is 307 g/mol. The van der Waals surface area contributed by atoms with E-state index in [0.717, 1.165) is 17.9 Å². The molecule has 0 atom stereocenters. The second-order valence-corrected chi connectivity index (χ2v) is 4.88. The third-order valence-corrected chi connectivity index (χ3v) is 3.18. The molecule has 0 spiro atoms. The van der Waals surface area contributed by atoms with E-state index in [4.69, 9.17) is 4.42 Å². The fourth-order valence-electron chi connectivity index (χ4n) is 2.02. The Hall–Kier alpha value is -2.44. The second-order valence-electron chi connectivity index (χ2n) is 4.88. The van der Waals surface area contributed by atoms with Crippen LogP contribution in [0.4, 0.5) is 13.2 Å². The normalized spacial score (nSPS) is 12.3. The average molecular weight is 325 g/mol. The summed E-state index contributed by atoms with van der Waals surface area (Å²) in [5.74, 6) is 1.37. The number of nitrogens with one attached hydrogen (secondary N) is 2. The first-order valence-corrected chi connectivity index (χ1v) is 7.12. The smallest absolute Gasteiger partial charge is 0.416 e. The van der Waals surface area contributed by atoms with Crippen LogP contribution in [0.25, 0.3) is 0 Å². The molecule has 0 bridgehead atoms. The maximum atomic E-state index is 12.7. The van der Waals surface area contributed by atoms with Crippen molar-refractivity contribution in [2.24, 2.45) is 4.99 Å². The fraction of sp³-hybridized carbons (Fsp3) is 0.312. The fourth-order valence-corrected chi connectivity index (χ4v) is 2.02. The Kier molecular flexibility index (Phi) is 5.67. The Morgan fingerprint density at radius 3 is 2.65 bits per heavy atom. The number of alkyl halides is 3. The van der Waals surface area contributed by atoms with Crippen LogP contribution >= 0.6 is 0 Å². The number of rotatable bonds is 5. The second kappa shape index (κ2) is 7.71. The highest BCUT2D eigenvalue weighted by Gasteiger charge is 2.30. The largest absolute Gasteiger partial charge is 0.469 e. The van der Waals surface area contributed by atoms with Crippen LogP contribution in [0, 0.1) is 0 Å². The van der Waals surface area contributed by atoms with Crippen molar-refractivity contribution < 1.29 is 17.6 Å². The molecule has 0 aliphatic carbocycles. The molecule has 0 unspecified atom stereocenters. The van der Waals surface area contributed by atoms with Crippen LogP contribution in [0.2, 0.25) is 0 Å². The van der Waals surface area contributed by atoms with Gasteiger partial charge in [-0.2, -0.15) is 13.2 Å². The first kappa shape index (κ1) is 16.9. The summed E-state index contributed by atoms with van der Waals surface area (Å²) in [5, 5.41) is 6.06. The summed E-state index contributed by atoms with van der Waals surface area (Å²) in [5.41, 5.74) is -0.119. The van der Waals surface area contributed by atoms with Gasteiger partial charge in [0.25, 0.3) is 0 Å². The van der Waals surface area contributed by atoms with Crippen molar-refractivity contribution in [3.63, 3.8) is 0 Å². The van der Waals surface area contributed by atoms with E-state index < -0.39 is 11.7 Å². The predicted octanol–water partition coefficient (Wildman–Crippen LogP) is 3.21. The van der Waals surface area contributed by atoms with Crippen LogP contribution in [-0.2, 0) is 19.1 Å². The molecule has 4 nitrogen and oxygen atoms in total. The van der Waals surface area contributed by atoms with E-state index in [-0.39, 0.29) is 6.54 Å². The van der Waals surface area contributed by atoms with Crippen molar-refractivity contribution >= 4 is 5.96 Å². The number of guanidine groups is 1. The van der Waals surface area contributed by atoms with Crippen molar-refractivity contribution in [2.45, 2.75) is 19.1 Å². The third kappa shape index (κ3) is 5.36. The Labute approximate surface area is 132 Å². The lowest BCUT2D eigenvalue weighted by Crippen LogP contribution is -2.37. The highest BCUT2D eigenvalue weighted by atomic mass is 19.4. The minimum absolute atomic E-state index is 0.254. The van der Waals surface area contributed by atoms with Crippen LogP contribution in [0.5, 0.6) is 0 Å². The van der Waals surface area contributed by atoms with Gasteiger partial charge in [-0.1, -0.05) is 12.1 Å². The summed E-state index contributed by atoms with van der Waals surface area (Å²) in [6, 6.07) is 8.91. The van der Waals surface area contributed by atoms with Crippen molar-refractivity contribution in [2.75, 3.05) is 13.6 Å². The van der Waals surface area contributed by atoms with E-state index in [1.165, 1.54) is 6.07 Å². The van der Waals surface area contributed by atoms with Crippen LogP contribution in [-0.4, -0.2) is 19.6 Å². The van der Waals surface area contributed by atoms with Crippen LogP contribution < -0.4 is 10.6 Å². The number of hydrogen-bond donors (Lipinski definition) is 2. The Bertz CT molecular complexity index is 636. The molecule has 2 aromatic rings. The molecular formula is C16H18F3N3O. The first-order valence-electron chi connectivity index (χ1n) is 7.12. The molecule has 1 aromatic heterocycles. The van der Waals surface area contributed by atoms with Gasteiger partial charge in [0.05, 0.1) is 11.8 Å². The van der Waals surface area contributed by atoms with Gasteiger partial charge < -0.3 is 15.1 Å². The van der Waals surface area contributed by atoms with E-state index >= 15 is 0 Å². The molecule has 7 heteroatoms. The third-order valence-electron chi connectivity index (χ3n) is 3.18. The lowest BCUT2D eigenvalue weighted by atomic mass is 10.1. The van der Waals surface area contributed by atoms with Gasteiger partial charge in [-0.3, -0.25) is 4.99 Å². The number of hydrogen-bond acceptors (Lipinski definition) is 2. The summed E-state index contributed by atoms with van der Waals surface area (Å²) in [4.78, 5) is 4.03. The van der Waals surface area contributed by atoms with Crippen LogP contribution in [0.1, 0.15) is 16.9 Å². The van der Waals surface area contributed by atoms with Crippen molar-refractivity contribution in [3.05, 3.63) is 59.5 Å². The molecule has 124 valence electrons.